The van der Waals surface area contributed by atoms with Crippen molar-refractivity contribution >= 4 is 16.7 Å². The molecular weight excluding hydrogens is 262 g/mol. The van der Waals surface area contributed by atoms with E-state index in [0.29, 0.717) is 0 Å². The Morgan fingerprint density at radius 1 is 1.24 bits per heavy atom. The second-order valence-electron chi connectivity index (χ2n) is 5.15. The number of nitrogens with one attached hydrogen (secondary N) is 1. The third-order valence-corrected chi connectivity index (χ3v) is 3.41. The molecule has 21 heavy (non-hydrogen) atoms. The summed E-state index contributed by atoms with van der Waals surface area (Å²) in [6.45, 7) is 8.33. The van der Waals surface area contributed by atoms with Gasteiger partial charge < -0.3 is 10.1 Å². The molecule has 0 amide bonds. The summed E-state index contributed by atoms with van der Waals surface area (Å²) in [7, 11) is 2.12. The van der Waals surface area contributed by atoms with Crippen LogP contribution >= 0.6 is 0 Å². The number of hydrogen-bond acceptors (Lipinski definition) is 4. The molecule has 0 atom stereocenters. The van der Waals surface area contributed by atoms with Crippen molar-refractivity contribution in [2.45, 2.75) is 20.4 Å². The number of para-hydroxylation sites is 1. The largest absolute Gasteiger partial charge is 0.380 e. The van der Waals surface area contributed by atoms with Crippen LogP contribution in [0.2, 0.25) is 0 Å². The number of ether oxygens (including phenoxy) is 1. The Bertz CT molecular complexity index is 571. The van der Waals surface area contributed by atoms with E-state index in [1.165, 1.54) is 10.9 Å². The Hall–Kier alpha value is -1.65. The summed E-state index contributed by atoms with van der Waals surface area (Å²) in [4.78, 5) is 7.01. The molecule has 1 heterocycles. The van der Waals surface area contributed by atoms with Crippen LogP contribution in [0.15, 0.2) is 30.3 Å². The molecule has 114 valence electrons. The second kappa shape index (κ2) is 7.96. The molecule has 4 nitrogen and oxygen atoms in total. The molecule has 1 aromatic carbocycles. The monoisotopic (exact) mass is 287 g/mol. The Morgan fingerprint density at radius 2 is 2.05 bits per heavy atom. The van der Waals surface area contributed by atoms with Crippen molar-refractivity contribution in [2.75, 3.05) is 38.7 Å². The summed E-state index contributed by atoms with van der Waals surface area (Å²) in [6.07, 6.45) is 0. The lowest BCUT2D eigenvalue weighted by Gasteiger charge is -2.19. The second-order valence-corrected chi connectivity index (χ2v) is 5.15. The molecule has 1 aromatic heterocycles. The molecular formula is C17H25N3O. The van der Waals surface area contributed by atoms with Gasteiger partial charge in [-0.3, -0.25) is 4.90 Å². The summed E-state index contributed by atoms with van der Waals surface area (Å²) >= 11 is 0. The van der Waals surface area contributed by atoms with Gasteiger partial charge in [0.15, 0.2) is 0 Å². The number of hydrogen-bond donors (Lipinski definition) is 1. The van der Waals surface area contributed by atoms with Crippen LogP contribution in [0.5, 0.6) is 0 Å². The maximum atomic E-state index is 5.42. The first-order chi connectivity index (χ1) is 10.2. The molecule has 0 aliphatic rings. The number of pyridine rings is 1. The first kappa shape index (κ1) is 15.7. The van der Waals surface area contributed by atoms with Crippen molar-refractivity contribution < 1.29 is 4.74 Å². The van der Waals surface area contributed by atoms with Gasteiger partial charge in [-0.15, -0.1) is 0 Å². The van der Waals surface area contributed by atoms with Gasteiger partial charge in [0.25, 0.3) is 0 Å². The SMILES string of the molecule is CCNc1nc2ccccc2cc1CN(C)CCOCC. The highest BCUT2D eigenvalue weighted by Gasteiger charge is 2.09. The van der Waals surface area contributed by atoms with Crippen LogP contribution < -0.4 is 5.32 Å². The zero-order valence-corrected chi connectivity index (χ0v) is 13.2. The van der Waals surface area contributed by atoms with Crippen LogP contribution in [-0.2, 0) is 11.3 Å². The van der Waals surface area contributed by atoms with E-state index in [1.807, 2.05) is 13.0 Å². The average molecular weight is 287 g/mol. The van der Waals surface area contributed by atoms with E-state index >= 15 is 0 Å². The van der Waals surface area contributed by atoms with E-state index in [4.69, 9.17) is 9.72 Å². The fourth-order valence-corrected chi connectivity index (χ4v) is 2.34. The lowest BCUT2D eigenvalue weighted by atomic mass is 10.1. The van der Waals surface area contributed by atoms with Crippen molar-refractivity contribution in [3.05, 3.63) is 35.9 Å². The number of rotatable bonds is 8. The minimum absolute atomic E-state index is 0.768. The van der Waals surface area contributed by atoms with Crippen molar-refractivity contribution in [2.24, 2.45) is 0 Å². The van der Waals surface area contributed by atoms with E-state index in [9.17, 15) is 0 Å². The number of likely N-dealkylation sites (N-methyl/N-ethyl adjacent to an activating group) is 1. The molecule has 1 N–H and O–H groups in total. The Kier molecular flexibility index (Phi) is 5.96. The van der Waals surface area contributed by atoms with Gasteiger partial charge in [0.05, 0.1) is 12.1 Å². The van der Waals surface area contributed by atoms with Crippen LogP contribution in [0.25, 0.3) is 10.9 Å². The standard InChI is InChI=1S/C17H25N3O/c1-4-18-17-15(13-20(3)10-11-21-5-2)12-14-8-6-7-9-16(14)19-17/h6-9,12H,4-5,10-11,13H2,1-3H3,(H,18,19). The minimum atomic E-state index is 0.768. The summed E-state index contributed by atoms with van der Waals surface area (Å²) in [5, 5.41) is 4.56. The molecule has 0 aliphatic carbocycles. The van der Waals surface area contributed by atoms with Crippen molar-refractivity contribution in [1.82, 2.24) is 9.88 Å². The molecule has 0 saturated heterocycles. The predicted molar refractivity (Wildman–Crippen MR) is 88.7 cm³/mol. The highest BCUT2D eigenvalue weighted by Crippen LogP contribution is 2.21. The van der Waals surface area contributed by atoms with Gasteiger partial charge in [-0.1, -0.05) is 18.2 Å². The highest BCUT2D eigenvalue weighted by molar-refractivity contribution is 5.81. The first-order valence-electron chi connectivity index (χ1n) is 7.63. The highest BCUT2D eigenvalue weighted by atomic mass is 16.5. The third-order valence-electron chi connectivity index (χ3n) is 3.41. The topological polar surface area (TPSA) is 37.4 Å². The number of benzene rings is 1. The van der Waals surface area contributed by atoms with Crippen LogP contribution in [0.1, 0.15) is 19.4 Å². The minimum Gasteiger partial charge on any atom is -0.380 e. The summed E-state index contributed by atoms with van der Waals surface area (Å²) in [5.74, 6) is 0.986. The quantitative estimate of drug-likeness (QED) is 0.757. The fourth-order valence-electron chi connectivity index (χ4n) is 2.34. The van der Waals surface area contributed by atoms with Gasteiger partial charge in [0.2, 0.25) is 0 Å². The molecule has 0 saturated carbocycles. The lowest BCUT2D eigenvalue weighted by molar-refractivity contribution is 0.120. The van der Waals surface area contributed by atoms with Crippen LogP contribution in [0, 0.1) is 0 Å². The summed E-state index contributed by atoms with van der Waals surface area (Å²) in [5.41, 5.74) is 2.27. The smallest absolute Gasteiger partial charge is 0.131 e. The van der Waals surface area contributed by atoms with Gasteiger partial charge >= 0.3 is 0 Å². The van der Waals surface area contributed by atoms with E-state index in [0.717, 1.165) is 44.2 Å². The zero-order valence-electron chi connectivity index (χ0n) is 13.2. The lowest BCUT2D eigenvalue weighted by Crippen LogP contribution is -2.23. The van der Waals surface area contributed by atoms with E-state index in [-0.39, 0.29) is 0 Å². The van der Waals surface area contributed by atoms with Crippen molar-refractivity contribution in [3.8, 4) is 0 Å². The number of anilines is 1. The Balaban J connectivity index is 2.17. The third kappa shape index (κ3) is 4.41. The number of aromatic nitrogens is 1. The molecule has 0 spiro atoms. The van der Waals surface area contributed by atoms with Crippen LogP contribution in [-0.4, -0.2) is 43.2 Å². The van der Waals surface area contributed by atoms with Gasteiger partial charge in [0.1, 0.15) is 5.82 Å². The molecule has 2 rings (SSSR count). The molecule has 4 heteroatoms. The Labute approximate surface area is 127 Å². The van der Waals surface area contributed by atoms with E-state index in [1.54, 1.807) is 0 Å². The summed E-state index contributed by atoms with van der Waals surface area (Å²) in [6, 6.07) is 10.5. The molecule has 0 unspecified atom stereocenters. The molecule has 2 aromatic rings. The normalized spacial score (nSPS) is 11.2. The average Bonchev–Trinajstić information content (AvgIpc) is 2.48. The maximum absolute atomic E-state index is 5.42. The van der Waals surface area contributed by atoms with Gasteiger partial charge in [-0.25, -0.2) is 4.98 Å². The maximum Gasteiger partial charge on any atom is 0.131 e. The van der Waals surface area contributed by atoms with Gasteiger partial charge in [0, 0.05) is 37.2 Å². The predicted octanol–water partition coefficient (Wildman–Crippen LogP) is 3.13. The van der Waals surface area contributed by atoms with E-state index in [2.05, 4.69) is 48.5 Å². The molecule has 0 radical (unpaired) electrons. The van der Waals surface area contributed by atoms with Gasteiger partial charge in [-0.05, 0) is 33.0 Å². The summed E-state index contributed by atoms with van der Waals surface area (Å²) < 4.78 is 5.42. The molecule has 0 aliphatic heterocycles. The van der Waals surface area contributed by atoms with E-state index < -0.39 is 0 Å². The fraction of sp³-hybridized carbons (Fsp3) is 0.471. The van der Waals surface area contributed by atoms with Crippen LogP contribution in [0.3, 0.4) is 0 Å². The molecule has 0 fully saturated rings. The number of nitrogens with zero attached hydrogens (tertiary/aromatic N) is 2. The Morgan fingerprint density at radius 3 is 2.81 bits per heavy atom. The first-order valence-corrected chi connectivity index (χ1v) is 7.63. The zero-order chi connectivity index (χ0) is 15.1. The van der Waals surface area contributed by atoms with Crippen molar-refractivity contribution in [3.63, 3.8) is 0 Å². The van der Waals surface area contributed by atoms with Crippen molar-refractivity contribution in [1.29, 1.82) is 0 Å². The van der Waals surface area contributed by atoms with Gasteiger partial charge in [-0.2, -0.15) is 0 Å². The van der Waals surface area contributed by atoms with Crippen LogP contribution in [0.4, 0.5) is 5.82 Å². The number of fused-ring (bicyclic) bond motifs is 1. The molecule has 0 bridgehead atoms.